The number of aliphatic hydroxyl groups is 1. The van der Waals surface area contributed by atoms with Crippen molar-refractivity contribution in [2.75, 3.05) is 6.61 Å². The lowest BCUT2D eigenvalue weighted by Gasteiger charge is -1.98. The fraction of sp³-hybridized carbons (Fsp3) is 0.667. The number of hydrogen-bond acceptors (Lipinski definition) is 1. The van der Waals surface area contributed by atoms with E-state index in [1.807, 2.05) is 13.8 Å². The summed E-state index contributed by atoms with van der Waals surface area (Å²) in [6, 6.07) is 0. The molecule has 0 aromatic heterocycles. The van der Waals surface area contributed by atoms with E-state index in [4.69, 9.17) is 5.11 Å². The van der Waals surface area contributed by atoms with Gasteiger partial charge in [0.05, 0.1) is 6.61 Å². The van der Waals surface area contributed by atoms with Gasteiger partial charge in [0.25, 0.3) is 0 Å². The average Bonchev–Trinajstić information content (AvgIpc) is 1.69. The molecule has 0 aliphatic carbocycles. The van der Waals surface area contributed by atoms with E-state index >= 15 is 0 Å². The average molecular weight is 226 g/mol. The molecule has 2 heteroatoms. The molecule has 0 rings (SSSR count). The van der Waals surface area contributed by atoms with Crippen molar-refractivity contribution in [1.82, 2.24) is 0 Å². The summed E-state index contributed by atoms with van der Waals surface area (Å²) in [5.74, 6) is 0. The molecule has 0 atom stereocenters. The first kappa shape index (κ1) is 8.43. The number of halogens is 1. The van der Waals surface area contributed by atoms with Crippen LogP contribution in [0, 0.1) is 0 Å². The van der Waals surface area contributed by atoms with Gasteiger partial charge in [-0.1, -0.05) is 6.92 Å². The highest BCUT2D eigenvalue weighted by Crippen LogP contribution is 2.13. The van der Waals surface area contributed by atoms with Crippen LogP contribution in [-0.2, 0) is 0 Å². The monoisotopic (exact) mass is 226 g/mol. The zero-order valence-electron chi connectivity index (χ0n) is 5.24. The zero-order chi connectivity index (χ0) is 6.57. The molecule has 0 aliphatic rings. The Hall–Kier alpha value is 0.430. The Morgan fingerprint density at radius 2 is 2.12 bits per heavy atom. The van der Waals surface area contributed by atoms with Gasteiger partial charge in [-0.25, -0.2) is 0 Å². The lowest BCUT2D eigenvalue weighted by molar-refractivity contribution is 0.327. The van der Waals surface area contributed by atoms with Crippen LogP contribution in [0.15, 0.2) is 9.15 Å². The highest BCUT2D eigenvalue weighted by atomic mass is 127. The van der Waals surface area contributed by atoms with Gasteiger partial charge in [0.1, 0.15) is 0 Å². The summed E-state index contributed by atoms with van der Waals surface area (Å²) >= 11 is 2.22. The lowest BCUT2D eigenvalue weighted by Crippen LogP contribution is -1.88. The summed E-state index contributed by atoms with van der Waals surface area (Å²) < 4.78 is 1.22. The molecule has 8 heavy (non-hydrogen) atoms. The number of allylic oxidation sites excluding steroid dienone is 1. The molecule has 0 aromatic rings. The van der Waals surface area contributed by atoms with Crippen LogP contribution in [0.4, 0.5) is 0 Å². The molecule has 0 unspecified atom stereocenters. The maximum atomic E-state index is 8.63. The van der Waals surface area contributed by atoms with E-state index in [0.29, 0.717) is 0 Å². The predicted molar refractivity (Wildman–Crippen MR) is 44.1 cm³/mol. The van der Waals surface area contributed by atoms with Gasteiger partial charge in [-0.05, 0) is 45.1 Å². The second-order valence-electron chi connectivity index (χ2n) is 1.65. The Balaban J connectivity index is 3.86. The molecule has 1 nitrogen and oxygen atoms in total. The molecule has 1 N–H and O–H groups in total. The van der Waals surface area contributed by atoms with Crippen LogP contribution in [-0.4, -0.2) is 11.7 Å². The minimum absolute atomic E-state index is 0.214. The van der Waals surface area contributed by atoms with Gasteiger partial charge in [-0.15, -0.1) is 0 Å². The second-order valence-corrected chi connectivity index (χ2v) is 3.27. The Kier molecular flexibility index (Phi) is 4.56. The maximum Gasteiger partial charge on any atom is 0.0651 e. The van der Waals surface area contributed by atoms with Crippen LogP contribution >= 0.6 is 22.6 Å². The van der Waals surface area contributed by atoms with Crippen molar-refractivity contribution in [3.63, 3.8) is 0 Å². The summed E-state index contributed by atoms with van der Waals surface area (Å²) in [6.07, 6.45) is 0.964. The molecule has 0 heterocycles. The van der Waals surface area contributed by atoms with E-state index in [9.17, 15) is 0 Å². The molecular formula is C6H11IO. The first-order chi connectivity index (χ1) is 3.72. The van der Waals surface area contributed by atoms with Crippen molar-refractivity contribution in [1.29, 1.82) is 0 Å². The van der Waals surface area contributed by atoms with Gasteiger partial charge >= 0.3 is 0 Å². The first-order valence-electron chi connectivity index (χ1n) is 2.67. The topological polar surface area (TPSA) is 20.2 Å². The fourth-order valence-corrected chi connectivity index (χ4v) is 1.02. The van der Waals surface area contributed by atoms with Crippen molar-refractivity contribution in [2.24, 2.45) is 0 Å². The Bertz CT molecular complexity index is 86.7. The van der Waals surface area contributed by atoms with Gasteiger partial charge in [-0.2, -0.15) is 0 Å². The Morgan fingerprint density at radius 3 is 2.12 bits per heavy atom. The Morgan fingerprint density at radius 1 is 1.62 bits per heavy atom. The summed E-state index contributed by atoms with van der Waals surface area (Å²) in [5, 5.41) is 8.63. The van der Waals surface area contributed by atoms with Crippen molar-refractivity contribution >= 4 is 22.6 Å². The van der Waals surface area contributed by atoms with Gasteiger partial charge in [0.15, 0.2) is 0 Å². The minimum atomic E-state index is 0.214. The highest BCUT2D eigenvalue weighted by molar-refractivity contribution is 14.1. The van der Waals surface area contributed by atoms with E-state index in [1.54, 1.807) is 0 Å². The van der Waals surface area contributed by atoms with E-state index < -0.39 is 0 Å². The quantitative estimate of drug-likeness (QED) is 0.715. The molecular weight excluding hydrogens is 215 g/mol. The van der Waals surface area contributed by atoms with Crippen LogP contribution in [0.1, 0.15) is 20.3 Å². The van der Waals surface area contributed by atoms with E-state index in [1.165, 1.54) is 3.58 Å². The maximum absolute atomic E-state index is 8.63. The van der Waals surface area contributed by atoms with Crippen molar-refractivity contribution in [3.05, 3.63) is 9.15 Å². The van der Waals surface area contributed by atoms with Crippen LogP contribution in [0.3, 0.4) is 0 Å². The smallest absolute Gasteiger partial charge is 0.0651 e. The summed E-state index contributed by atoms with van der Waals surface area (Å²) in [5.41, 5.74) is 1.14. The predicted octanol–water partition coefficient (Wildman–Crippen LogP) is 2.10. The van der Waals surface area contributed by atoms with Gasteiger partial charge < -0.3 is 5.11 Å². The molecule has 0 saturated carbocycles. The zero-order valence-corrected chi connectivity index (χ0v) is 7.40. The summed E-state index contributed by atoms with van der Waals surface area (Å²) in [7, 11) is 0. The molecule has 0 amide bonds. The van der Waals surface area contributed by atoms with Crippen molar-refractivity contribution in [2.45, 2.75) is 20.3 Å². The van der Waals surface area contributed by atoms with Gasteiger partial charge in [0.2, 0.25) is 0 Å². The molecule has 0 aromatic carbocycles. The third-order valence-corrected chi connectivity index (χ3v) is 1.87. The molecule has 48 valence electrons. The highest BCUT2D eigenvalue weighted by Gasteiger charge is 1.92. The summed E-state index contributed by atoms with van der Waals surface area (Å²) in [6.45, 7) is 4.27. The van der Waals surface area contributed by atoms with E-state index in [0.717, 1.165) is 12.0 Å². The molecule has 0 spiro atoms. The summed E-state index contributed by atoms with van der Waals surface area (Å²) in [4.78, 5) is 0. The van der Waals surface area contributed by atoms with E-state index in [2.05, 4.69) is 22.6 Å². The molecule has 0 aliphatic heterocycles. The number of hydrogen-bond donors (Lipinski definition) is 1. The van der Waals surface area contributed by atoms with Crippen LogP contribution in [0.2, 0.25) is 0 Å². The standard InChI is InChI=1S/C6H11IO/c1-3-6(4-8)5(2)7/h8H,3-4H2,1-2H3/b6-5-. The van der Waals surface area contributed by atoms with Gasteiger partial charge in [-0.3, -0.25) is 0 Å². The number of rotatable bonds is 2. The van der Waals surface area contributed by atoms with Crippen LogP contribution in [0.5, 0.6) is 0 Å². The largest absolute Gasteiger partial charge is 0.392 e. The fourth-order valence-electron chi connectivity index (χ4n) is 0.464. The van der Waals surface area contributed by atoms with Gasteiger partial charge in [0, 0.05) is 0 Å². The lowest BCUT2D eigenvalue weighted by atomic mass is 10.2. The first-order valence-corrected chi connectivity index (χ1v) is 3.75. The normalized spacial score (nSPS) is 13.5. The second kappa shape index (κ2) is 4.32. The third kappa shape index (κ3) is 2.67. The minimum Gasteiger partial charge on any atom is -0.392 e. The Labute approximate surface area is 63.9 Å². The van der Waals surface area contributed by atoms with Crippen LogP contribution in [0.25, 0.3) is 0 Å². The number of aliphatic hydroxyl groups excluding tert-OH is 1. The van der Waals surface area contributed by atoms with Crippen molar-refractivity contribution < 1.29 is 5.11 Å². The van der Waals surface area contributed by atoms with E-state index in [-0.39, 0.29) is 6.61 Å². The SMILES string of the molecule is CC/C(CO)=C(\C)I. The molecule has 0 saturated heterocycles. The molecule has 0 bridgehead atoms. The molecule has 0 radical (unpaired) electrons. The van der Waals surface area contributed by atoms with Crippen LogP contribution < -0.4 is 0 Å². The third-order valence-electron chi connectivity index (χ3n) is 1.10. The molecule has 0 fully saturated rings. The van der Waals surface area contributed by atoms with Crippen molar-refractivity contribution in [3.8, 4) is 0 Å².